The van der Waals surface area contributed by atoms with Gasteiger partial charge >= 0.3 is 5.97 Å². The monoisotopic (exact) mass is 510 g/mol. The molecule has 0 unspecified atom stereocenters. The van der Waals surface area contributed by atoms with E-state index in [0.29, 0.717) is 23.3 Å². The summed E-state index contributed by atoms with van der Waals surface area (Å²) < 4.78 is 21.7. The molecule has 0 aliphatic carbocycles. The van der Waals surface area contributed by atoms with Crippen LogP contribution in [0.5, 0.6) is 5.75 Å². The summed E-state index contributed by atoms with van der Waals surface area (Å²) in [6.07, 6.45) is 4.17. The molecular formula is C23H19FN6O5S. The van der Waals surface area contributed by atoms with Crippen molar-refractivity contribution in [1.29, 1.82) is 0 Å². The number of ether oxygens (including phenoxy) is 1. The Hall–Kier alpha value is -4.39. The van der Waals surface area contributed by atoms with Gasteiger partial charge in [-0.1, -0.05) is 0 Å². The Labute approximate surface area is 206 Å². The molecule has 4 aromatic rings. The minimum atomic E-state index is -1.43. The molecule has 0 saturated carbocycles. The molecule has 0 atom stereocenters. The zero-order chi connectivity index (χ0) is 25.4. The number of aromatic carboxylic acids is 1. The summed E-state index contributed by atoms with van der Waals surface area (Å²) in [4.78, 5) is 51.1. The molecule has 184 valence electrons. The highest BCUT2D eigenvalue weighted by Crippen LogP contribution is 2.29. The van der Waals surface area contributed by atoms with Gasteiger partial charge in [0.15, 0.2) is 22.4 Å². The zero-order valence-corrected chi connectivity index (χ0v) is 19.7. The van der Waals surface area contributed by atoms with Crippen molar-refractivity contribution < 1.29 is 23.8 Å². The fourth-order valence-electron chi connectivity index (χ4n) is 3.82. The van der Waals surface area contributed by atoms with Crippen LogP contribution in [0.2, 0.25) is 0 Å². The fourth-order valence-corrected chi connectivity index (χ4v) is 4.44. The standard InChI is InChI=1S/C23H19FN6O5S/c1-2-35-13-3-4-17(26-8-13)27-21(32)12-9-29(10-12)20-16(24)7-14-18(31)15(22(33)34)11-30(19(14)28-20)23-25-5-6-36-23/h3-8,11-12H,2,9-10H2,1H3,(H,33,34)(H,26,27,32). The Morgan fingerprint density at radius 1 is 1.31 bits per heavy atom. The Kier molecular flexibility index (Phi) is 6.06. The quantitative estimate of drug-likeness (QED) is 0.384. The van der Waals surface area contributed by atoms with Crippen molar-refractivity contribution in [3.8, 4) is 10.9 Å². The Morgan fingerprint density at radius 2 is 2.11 bits per heavy atom. The van der Waals surface area contributed by atoms with Gasteiger partial charge in [-0.3, -0.25) is 14.2 Å². The molecule has 1 aliphatic heterocycles. The van der Waals surface area contributed by atoms with E-state index in [4.69, 9.17) is 4.74 Å². The van der Waals surface area contributed by atoms with Crippen molar-refractivity contribution >= 4 is 45.9 Å². The smallest absolute Gasteiger partial charge is 0.341 e. The molecule has 4 aromatic heterocycles. The predicted octanol–water partition coefficient (Wildman–Crippen LogP) is 2.55. The van der Waals surface area contributed by atoms with E-state index in [9.17, 15) is 19.5 Å². The fraction of sp³-hybridized carbons (Fsp3) is 0.217. The highest BCUT2D eigenvalue weighted by atomic mass is 32.1. The van der Waals surface area contributed by atoms with Gasteiger partial charge in [-0.05, 0) is 25.1 Å². The third kappa shape index (κ3) is 4.24. The number of aromatic nitrogens is 4. The van der Waals surface area contributed by atoms with Gasteiger partial charge in [-0.25, -0.2) is 24.1 Å². The second-order valence-corrected chi connectivity index (χ2v) is 8.80. The van der Waals surface area contributed by atoms with E-state index in [1.165, 1.54) is 28.3 Å². The van der Waals surface area contributed by atoms with Crippen LogP contribution in [0.3, 0.4) is 0 Å². The number of pyridine rings is 3. The Bertz CT molecular complexity index is 1520. The van der Waals surface area contributed by atoms with E-state index >= 15 is 4.39 Å². The van der Waals surface area contributed by atoms with Crippen molar-refractivity contribution in [3.63, 3.8) is 0 Å². The summed E-state index contributed by atoms with van der Waals surface area (Å²) in [7, 11) is 0. The molecule has 36 heavy (non-hydrogen) atoms. The molecule has 11 nitrogen and oxygen atoms in total. The normalized spacial score (nSPS) is 13.4. The lowest BCUT2D eigenvalue weighted by molar-refractivity contribution is -0.120. The average Bonchev–Trinajstić information content (AvgIpc) is 3.35. The van der Waals surface area contributed by atoms with E-state index in [1.807, 2.05) is 6.92 Å². The number of halogens is 1. The maximum atomic E-state index is 15.0. The first-order chi connectivity index (χ1) is 17.4. The van der Waals surface area contributed by atoms with Crippen molar-refractivity contribution in [2.75, 3.05) is 29.9 Å². The number of carboxylic acids is 1. The van der Waals surface area contributed by atoms with Crippen LogP contribution in [0.1, 0.15) is 17.3 Å². The minimum Gasteiger partial charge on any atom is -0.492 e. The molecule has 1 amide bonds. The molecular weight excluding hydrogens is 491 g/mol. The third-order valence-electron chi connectivity index (χ3n) is 5.62. The Morgan fingerprint density at radius 3 is 2.75 bits per heavy atom. The number of thiazole rings is 1. The molecule has 0 spiro atoms. The van der Waals surface area contributed by atoms with Gasteiger partial charge in [0.1, 0.15) is 17.1 Å². The number of hydrogen-bond acceptors (Lipinski definition) is 9. The number of anilines is 2. The van der Waals surface area contributed by atoms with Crippen molar-refractivity contribution in [2.24, 2.45) is 5.92 Å². The first-order valence-corrected chi connectivity index (χ1v) is 11.8. The maximum Gasteiger partial charge on any atom is 0.341 e. The van der Waals surface area contributed by atoms with E-state index < -0.39 is 28.7 Å². The van der Waals surface area contributed by atoms with E-state index in [0.717, 1.165) is 12.3 Å². The highest BCUT2D eigenvalue weighted by Gasteiger charge is 2.35. The van der Waals surface area contributed by atoms with Crippen LogP contribution in [-0.4, -0.2) is 56.2 Å². The number of rotatable bonds is 7. The van der Waals surface area contributed by atoms with E-state index in [1.54, 1.807) is 22.4 Å². The molecule has 0 bridgehead atoms. The van der Waals surface area contributed by atoms with Crippen LogP contribution in [0.25, 0.3) is 16.2 Å². The van der Waals surface area contributed by atoms with Crippen molar-refractivity contribution in [3.05, 3.63) is 63.8 Å². The topological polar surface area (TPSA) is 140 Å². The second kappa shape index (κ2) is 9.34. The van der Waals surface area contributed by atoms with Crippen LogP contribution in [0.4, 0.5) is 16.0 Å². The molecule has 1 saturated heterocycles. The number of fused-ring (bicyclic) bond motifs is 1. The van der Waals surface area contributed by atoms with Crippen molar-refractivity contribution in [1.82, 2.24) is 19.5 Å². The lowest BCUT2D eigenvalue weighted by Gasteiger charge is -2.39. The number of amides is 1. The lowest BCUT2D eigenvalue weighted by Crippen LogP contribution is -2.52. The highest BCUT2D eigenvalue weighted by molar-refractivity contribution is 7.12. The van der Waals surface area contributed by atoms with E-state index in [2.05, 4.69) is 20.3 Å². The summed E-state index contributed by atoms with van der Waals surface area (Å²) in [5, 5.41) is 14.0. The summed E-state index contributed by atoms with van der Waals surface area (Å²) in [6.45, 7) is 2.77. The lowest BCUT2D eigenvalue weighted by atomic mass is 9.99. The van der Waals surface area contributed by atoms with Crippen LogP contribution >= 0.6 is 11.3 Å². The number of carbonyl (C=O) groups excluding carboxylic acids is 1. The maximum absolute atomic E-state index is 15.0. The zero-order valence-electron chi connectivity index (χ0n) is 18.8. The van der Waals surface area contributed by atoms with Crippen LogP contribution < -0.4 is 20.4 Å². The van der Waals surface area contributed by atoms with Gasteiger partial charge in [0.05, 0.1) is 24.1 Å². The molecule has 13 heteroatoms. The number of nitrogens with zero attached hydrogens (tertiary/aromatic N) is 5. The van der Waals surface area contributed by atoms with Crippen LogP contribution in [0.15, 0.2) is 47.0 Å². The second-order valence-electron chi connectivity index (χ2n) is 7.93. The molecule has 1 fully saturated rings. The molecule has 5 rings (SSSR count). The van der Waals surface area contributed by atoms with Crippen molar-refractivity contribution in [2.45, 2.75) is 6.92 Å². The largest absolute Gasteiger partial charge is 0.492 e. The summed E-state index contributed by atoms with van der Waals surface area (Å²) in [5.41, 5.74) is -1.29. The van der Waals surface area contributed by atoms with Gasteiger partial charge in [-0.15, -0.1) is 11.3 Å². The Balaban J connectivity index is 1.39. The van der Waals surface area contributed by atoms with Gasteiger partial charge in [0.2, 0.25) is 11.3 Å². The van der Waals surface area contributed by atoms with Gasteiger partial charge < -0.3 is 20.1 Å². The predicted molar refractivity (Wildman–Crippen MR) is 130 cm³/mol. The SMILES string of the molecule is CCOc1ccc(NC(=O)C2CN(c3nc4c(cc3F)c(=O)c(C(=O)O)cn4-c3nccs3)C2)nc1. The van der Waals surface area contributed by atoms with Crippen LogP contribution in [0, 0.1) is 11.7 Å². The number of carbonyl (C=O) groups is 2. The first-order valence-electron chi connectivity index (χ1n) is 10.9. The molecule has 1 aliphatic rings. The van der Waals surface area contributed by atoms with Gasteiger partial charge in [-0.2, -0.15) is 0 Å². The molecule has 0 radical (unpaired) electrons. The van der Waals surface area contributed by atoms with Crippen LogP contribution in [-0.2, 0) is 4.79 Å². The number of nitrogens with one attached hydrogen (secondary N) is 1. The number of hydrogen-bond donors (Lipinski definition) is 2. The minimum absolute atomic E-state index is 0.0430. The summed E-state index contributed by atoms with van der Waals surface area (Å²) in [5.74, 6) is -2.00. The van der Waals surface area contributed by atoms with Gasteiger partial charge in [0, 0.05) is 30.9 Å². The molecule has 5 heterocycles. The molecule has 0 aromatic carbocycles. The number of carboxylic acid groups (broad SMARTS) is 1. The average molecular weight is 511 g/mol. The van der Waals surface area contributed by atoms with Gasteiger partial charge in [0.25, 0.3) is 0 Å². The third-order valence-corrected chi connectivity index (χ3v) is 6.39. The first kappa shape index (κ1) is 23.4. The molecule has 2 N–H and O–H groups in total. The summed E-state index contributed by atoms with van der Waals surface area (Å²) in [6, 6.07) is 4.31. The summed E-state index contributed by atoms with van der Waals surface area (Å²) >= 11 is 1.21. The van der Waals surface area contributed by atoms with E-state index in [-0.39, 0.29) is 35.8 Å².